The molecule has 1 amide bonds. The number of carboxylic acid groups (broad SMARTS) is 1. The Hall–Kier alpha value is -1.89. The first-order chi connectivity index (χ1) is 9.55. The number of nitrogens with one attached hydrogen (secondary N) is 1. The van der Waals surface area contributed by atoms with Crippen molar-refractivity contribution in [2.75, 3.05) is 11.6 Å². The lowest BCUT2D eigenvalue weighted by molar-refractivity contribution is -0.140. The van der Waals surface area contributed by atoms with Crippen LogP contribution in [-0.2, 0) is 19.4 Å². The lowest BCUT2D eigenvalue weighted by Gasteiger charge is -2.07. The summed E-state index contributed by atoms with van der Waals surface area (Å²) in [4.78, 5) is 23.3. The highest BCUT2D eigenvalue weighted by atomic mass is 32.2. The Morgan fingerprint density at radius 1 is 1.24 bits per heavy atom. The van der Waals surface area contributed by atoms with Crippen LogP contribution in [0.1, 0.15) is 13.8 Å². The molecule has 2 N–H and O–H groups in total. The van der Waals surface area contributed by atoms with Gasteiger partial charge in [-0.25, -0.2) is 8.42 Å². The molecule has 0 spiro atoms. The van der Waals surface area contributed by atoms with Crippen LogP contribution in [0.4, 0.5) is 5.69 Å². The van der Waals surface area contributed by atoms with Crippen LogP contribution in [0, 0.1) is 17.3 Å². The number of sulfone groups is 1. The van der Waals surface area contributed by atoms with Crippen molar-refractivity contribution >= 4 is 27.4 Å². The molecule has 6 nitrogen and oxygen atoms in total. The molecule has 2 rings (SSSR count). The number of amides is 1. The van der Waals surface area contributed by atoms with Gasteiger partial charge in [-0.05, 0) is 23.6 Å². The first kappa shape index (κ1) is 15.5. The highest BCUT2D eigenvalue weighted by Crippen LogP contribution is 2.58. The number of hydrogen-bond donors (Lipinski definition) is 2. The molecule has 1 aromatic rings. The van der Waals surface area contributed by atoms with Gasteiger partial charge in [0.25, 0.3) is 0 Å². The zero-order valence-corrected chi connectivity index (χ0v) is 12.8. The van der Waals surface area contributed by atoms with E-state index in [4.69, 9.17) is 5.11 Å². The zero-order chi connectivity index (χ0) is 16.0. The van der Waals surface area contributed by atoms with Crippen LogP contribution in [-0.4, -0.2) is 31.7 Å². The van der Waals surface area contributed by atoms with Crippen LogP contribution in [0.25, 0.3) is 0 Å². The number of carboxylic acids is 1. The molecule has 0 radical (unpaired) electrons. The highest BCUT2D eigenvalue weighted by molar-refractivity contribution is 7.90. The molecule has 0 aromatic heterocycles. The van der Waals surface area contributed by atoms with E-state index in [1.54, 1.807) is 19.9 Å². The molecular formula is C14H17NO5S. The SMILES string of the molecule is CC1(C)C(C(=O)O)C1C(=O)Nc1cccc(S(C)(=O)=O)c1. The molecule has 2 atom stereocenters. The summed E-state index contributed by atoms with van der Waals surface area (Å²) in [6.45, 7) is 3.45. The van der Waals surface area contributed by atoms with Crippen molar-refractivity contribution in [3.05, 3.63) is 24.3 Å². The minimum Gasteiger partial charge on any atom is -0.481 e. The van der Waals surface area contributed by atoms with Crippen molar-refractivity contribution in [2.24, 2.45) is 17.3 Å². The van der Waals surface area contributed by atoms with E-state index in [2.05, 4.69) is 5.32 Å². The van der Waals surface area contributed by atoms with Gasteiger partial charge in [-0.2, -0.15) is 0 Å². The maximum atomic E-state index is 12.1. The molecule has 114 valence electrons. The van der Waals surface area contributed by atoms with E-state index in [1.807, 2.05) is 0 Å². The van der Waals surface area contributed by atoms with Crippen LogP contribution in [0.2, 0.25) is 0 Å². The van der Waals surface area contributed by atoms with Crippen molar-refractivity contribution in [1.29, 1.82) is 0 Å². The van der Waals surface area contributed by atoms with E-state index in [9.17, 15) is 18.0 Å². The molecule has 1 aliphatic carbocycles. The van der Waals surface area contributed by atoms with Crippen LogP contribution in [0.5, 0.6) is 0 Å². The summed E-state index contributed by atoms with van der Waals surface area (Å²) in [5, 5.41) is 11.7. The summed E-state index contributed by atoms with van der Waals surface area (Å²) in [6.07, 6.45) is 1.08. The Bertz CT molecular complexity index is 708. The minimum atomic E-state index is -3.36. The fraction of sp³-hybridized carbons (Fsp3) is 0.429. The molecule has 0 aliphatic heterocycles. The van der Waals surface area contributed by atoms with Gasteiger partial charge in [-0.15, -0.1) is 0 Å². The lowest BCUT2D eigenvalue weighted by Crippen LogP contribution is -2.18. The molecule has 0 heterocycles. The van der Waals surface area contributed by atoms with Gasteiger partial charge in [0.15, 0.2) is 9.84 Å². The van der Waals surface area contributed by atoms with Crippen molar-refractivity contribution in [3.8, 4) is 0 Å². The number of hydrogen-bond acceptors (Lipinski definition) is 4. The Balaban J connectivity index is 2.17. The first-order valence-corrected chi connectivity index (χ1v) is 8.28. The van der Waals surface area contributed by atoms with Gasteiger partial charge in [0, 0.05) is 11.9 Å². The number of rotatable bonds is 4. The summed E-state index contributed by atoms with van der Waals surface area (Å²) in [5.74, 6) is -2.73. The zero-order valence-electron chi connectivity index (χ0n) is 12.0. The monoisotopic (exact) mass is 311 g/mol. The average molecular weight is 311 g/mol. The molecular weight excluding hydrogens is 294 g/mol. The van der Waals surface area contributed by atoms with Crippen LogP contribution in [0.3, 0.4) is 0 Å². The summed E-state index contributed by atoms with van der Waals surface area (Å²) in [5.41, 5.74) is -0.251. The molecule has 7 heteroatoms. The number of carbonyl (C=O) groups excluding carboxylic acids is 1. The van der Waals surface area contributed by atoms with Crippen molar-refractivity contribution < 1.29 is 23.1 Å². The van der Waals surface area contributed by atoms with Gasteiger partial charge in [0.1, 0.15) is 0 Å². The second-order valence-electron chi connectivity index (χ2n) is 5.90. The van der Waals surface area contributed by atoms with Gasteiger partial charge < -0.3 is 10.4 Å². The van der Waals surface area contributed by atoms with Gasteiger partial charge in [0.2, 0.25) is 5.91 Å². The minimum absolute atomic E-state index is 0.102. The molecule has 0 saturated heterocycles. The van der Waals surface area contributed by atoms with E-state index >= 15 is 0 Å². The number of benzene rings is 1. The van der Waals surface area contributed by atoms with Gasteiger partial charge >= 0.3 is 5.97 Å². The van der Waals surface area contributed by atoms with E-state index in [-0.39, 0.29) is 4.90 Å². The second kappa shape index (κ2) is 4.84. The Morgan fingerprint density at radius 3 is 2.33 bits per heavy atom. The maximum absolute atomic E-state index is 12.1. The van der Waals surface area contributed by atoms with Crippen molar-refractivity contribution in [1.82, 2.24) is 0 Å². The Kier molecular flexibility index (Phi) is 3.57. The topological polar surface area (TPSA) is 101 Å². The molecule has 1 fully saturated rings. The molecule has 1 aromatic carbocycles. The van der Waals surface area contributed by atoms with Crippen LogP contribution < -0.4 is 5.32 Å². The predicted octanol–water partition coefficient (Wildman–Crippen LogP) is 1.39. The van der Waals surface area contributed by atoms with E-state index in [0.29, 0.717) is 5.69 Å². The highest BCUT2D eigenvalue weighted by Gasteiger charge is 2.65. The number of anilines is 1. The average Bonchev–Trinajstić information content (AvgIpc) is 2.92. The number of aliphatic carboxylic acids is 1. The number of carbonyl (C=O) groups is 2. The first-order valence-electron chi connectivity index (χ1n) is 6.39. The summed E-state index contributed by atoms with van der Waals surface area (Å²) < 4.78 is 22.9. The predicted molar refractivity (Wildman–Crippen MR) is 76.6 cm³/mol. The third-order valence-corrected chi connectivity index (χ3v) is 5.02. The maximum Gasteiger partial charge on any atom is 0.307 e. The quantitative estimate of drug-likeness (QED) is 0.875. The summed E-state index contributed by atoms with van der Waals surface area (Å²) >= 11 is 0. The van der Waals surface area contributed by atoms with Crippen molar-refractivity contribution in [2.45, 2.75) is 18.7 Å². The van der Waals surface area contributed by atoms with Gasteiger partial charge in [-0.3, -0.25) is 9.59 Å². The van der Waals surface area contributed by atoms with Crippen molar-refractivity contribution in [3.63, 3.8) is 0 Å². The molecule has 1 aliphatic rings. The molecule has 0 bridgehead atoms. The van der Waals surface area contributed by atoms with Crippen LogP contribution in [0.15, 0.2) is 29.2 Å². The largest absolute Gasteiger partial charge is 0.481 e. The lowest BCUT2D eigenvalue weighted by atomic mass is 10.1. The standard InChI is InChI=1S/C14H17NO5S/c1-14(2)10(11(14)13(17)18)12(16)15-8-5-4-6-9(7-8)21(3,19)20/h4-7,10-11H,1-3H3,(H,15,16)(H,17,18). The normalized spacial score (nSPS) is 23.4. The van der Waals surface area contributed by atoms with Crippen LogP contribution >= 0.6 is 0 Å². The van der Waals surface area contributed by atoms with E-state index in [0.717, 1.165) is 6.26 Å². The third-order valence-electron chi connectivity index (χ3n) is 3.91. The third kappa shape index (κ3) is 2.92. The molecule has 21 heavy (non-hydrogen) atoms. The second-order valence-corrected chi connectivity index (χ2v) is 7.92. The van der Waals surface area contributed by atoms with E-state index in [1.165, 1.54) is 18.2 Å². The summed E-state index contributed by atoms with van der Waals surface area (Å²) in [7, 11) is -3.36. The Morgan fingerprint density at radius 2 is 1.86 bits per heavy atom. The van der Waals surface area contributed by atoms with Gasteiger partial charge in [0.05, 0.1) is 16.7 Å². The Labute approximate surface area is 123 Å². The van der Waals surface area contributed by atoms with Gasteiger partial charge in [-0.1, -0.05) is 19.9 Å². The summed E-state index contributed by atoms with van der Waals surface area (Å²) in [6, 6.07) is 5.89. The fourth-order valence-electron chi connectivity index (χ4n) is 2.61. The molecule has 2 unspecified atom stereocenters. The molecule has 1 saturated carbocycles. The fourth-order valence-corrected chi connectivity index (χ4v) is 3.28. The van der Waals surface area contributed by atoms with E-state index < -0.39 is 39.0 Å². The smallest absolute Gasteiger partial charge is 0.307 e.